The van der Waals surface area contributed by atoms with Crippen molar-refractivity contribution < 1.29 is 9.21 Å². The molecular weight excluding hydrogens is 238 g/mol. The van der Waals surface area contributed by atoms with Gasteiger partial charge in [0.1, 0.15) is 5.76 Å². The molecule has 17 heavy (non-hydrogen) atoms. The van der Waals surface area contributed by atoms with E-state index in [1.165, 1.54) is 12.8 Å². The van der Waals surface area contributed by atoms with Gasteiger partial charge in [0.2, 0.25) is 0 Å². The molecule has 0 amide bonds. The minimum absolute atomic E-state index is 0.254. The second-order valence-electron chi connectivity index (χ2n) is 4.92. The summed E-state index contributed by atoms with van der Waals surface area (Å²) in [6.45, 7) is 7.27. The molecule has 0 N–H and O–H groups in total. The van der Waals surface area contributed by atoms with Crippen LogP contribution in [0.4, 0.5) is 0 Å². The van der Waals surface area contributed by atoms with E-state index in [-0.39, 0.29) is 5.76 Å². The van der Waals surface area contributed by atoms with Crippen molar-refractivity contribution in [1.29, 1.82) is 0 Å². The van der Waals surface area contributed by atoms with Gasteiger partial charge in [-0.3, -0.25) is 9.69 Å². The van der Waals surface area contributed by atoms with Crippen molar-refractivity contribution in [2.24, 2.45) is 5.92 Å². The number of hydrogen-bond acceptors (Lipinski definition) is 3. The van der Waals surface area contributed by atoms with Crippen LogP contribution in [0.3, 0.4) is 0 Å². The number of carbonyl (C=O) groups is 1. The molecule has 1 aromatic rings. The Bertz CT molecular complexity index is 406. The Hall–Kier alpha value is -0.800. The Morgan fingerprint density at radius 2 is 2.18 bits per heavy atom. The van der Waals surface area contributed by atoms with Gasteiger partial charge < -0.3 is 4.42 Å². The van der Waals surface area contributed by atoms with Gasteiger partial charge in [-0.15, -0.1) is 0 Å². The lowest BCUT2D eigenvalue weighted by Crippen LogP contribution is -2.32. The zero-order valence-corrected chi connectivity index (χ0v) is 11.1. The van der Waals surface area contributed by atoms with E-state index in [9.17, 15) is 4.79 Å². The Morgan fingerprint density at radius 1 is 1.53 bits per heavy atom. The topological polar surface area (TPSA) is 33.5 Å². The Labute approximate surface area is 107 Å². The molecule has 0 atom stereocenters. The first-order valence-electron chi connectivity index (χ1n) is 6.07. The van der Waals surface area contributed by atoms with E-state index in [1.54, 1.807) is 6.07 Å². The number of furan rings is 1. The molecule has 0 spiro atoms. The van der Waals surface area contributed by atoms with Crippen LogP contribution in [0.2, 0.25) is 0 Å². The van der Waals surface area contributed by atoms with Crippen molar-refractivity contribution in [2.75, 3.05) is 13.1 Å². The molecular formula is C13H18ClNO2. The summed E-state index contributed by atoms with van der Waals surface area (Å²) in [7, 11) is 0. The lowest BCUT2D eigenvalue weighted by Gasteiger charge is -2.29. The predicted octanol–water partition coefficient (Wildman–Crippen LogP) is 3.20. The summed E-state index contributed by atoms with van der Waals surface area (Å²) >= 11 is 5.40. The third-order valence-corrected chi connectivity index (χ3v) is 3.67. The van der Waals surface area contributed by atoms with Crippen molar-refractivity contribution in [3.63, 3.8) is 0 Å². The van der Waals surface area contributed by atoms with Crippen LogP contribution in [0.1, 0.15) is 41.6 Å². The molecule has 2 rings (SSSR count). The minimum Gasteiger partial charge on any atom is -0.457 e. The standard InChI is InChI=1S/C13H18ClNO2/c1-9-3-5-15(6-4-9)8-11-7-12(13(14)16)17-10(11)2/h7,9H,3-6,8H2,1-2H3. The number of likely N-dealkylation sites (tertiary alicyclic amines) is 1. The van der Waals surface area contributed by atoms with Crippen LogP contribution < -0.4 is 0 Å². The molecule has 0 aliphatic carbocycles. The van der Waals surface area contributed by atoms with Gasteiger partial charge in [0.15, 0.2) is 5.76 Å². The van der Waals surface area contributed by atoms with Crippen LogP contribution in [-0.2, 0) is 6.54 Å². The number of hydrogen-bond donors (Lipinski definition) is 0. The number of halogens is 1. The molecule has 0 aromatic carbocycles. The molecule has 94 valence electrons. The van der Waals surface area contributed by atoms with E-state index >= 15 is 0 Å². The van der Waals surface area contributed by atoms with E-state index in [4.69, 9.17) is 16.0 Å². The third kappa shape index (κ3) is 3.11. The molecule has 3 nitrogen and oxygen atoms in total. The van der Waals surface area contributed by atoms with Gasteiger partial charge in [0.05, 0.1) is 0 Å². The summed E-state index contributed by atoms with van der Waals surface area (Å²) in [4.78, 5) is 13.4. The Balaban J connectivity index is 2.01. The Kier molecular flexibility index (Phi) is 3.89. The van der Waals surface area contributed by atoms with E-state index in [0.29, 0.717) is 0 Å². The summed E-state index contributed by atoms with van der Waals surface area (Å²) in [6.07, 6.45) is 2.50. The minimum atomic E-state index is -0.522. The highest BCUT2D eigenvalue weighted by Gasteiger charge is 2.19. The highest BCUT2D eigenvalue weighted by Crippen LogP contribution is 2.22. The quantitative estimate of drug-likeness (QED) is 0.778. The number of piperidine rings is 1. The van der Waals surface area contributed by atoms with Crippen LogP contribution in [0.25, 0.3) is 0 Å². The first-order chi connectivity index (χ1) is 8.06. The maximum absolute atomic E-state index is 11.0. The van der Waals surface area contributed by atoms with Crippen molar-refractivity contribution in [3.05, 3.63) is 23.2 Å². The number of aryl methyl sites for hydroxylation is 1. The fourth-order valence-electron chi connectivity index (χ4n) is 2.23. The summed E-state index contributed by atoms with van der Waals surface area (Å²) in [5, 5.41) is -0.522. The average Bonchev–Trinajstić information content (AvgIpc) is 2.64. The van der Waals surface area contributed by atoms with E-state index in [1.807, 2.05) is 6.92 Å². The van der Waals surface area contributed by atoms with Crippen LogP contribution in [0.15, 0.2) is 10.5 Å². The molecule has 0 saturated carbocycles. The normalized spacial score (nSPS) is 18.5. The van der Waals surface area contributed by atoms with Gasteiger partial charge in [0, 0.05) is 12.1 Å². The molecule has 2 heterocycles. The zero-order valence-electron chi connectivity index (χ0n) is 10.3. The SMILES string of the molecule is Cc1oc(C(=O)Cl)cc1CN1CCC(C)CC1. The second kappa shape index (κ2) is 5.23. The highest BCUT2D eigenvalue weighted by atomic mass is 35.5. The number of rotatable bonds is 3. The fourth-order valence-corrected chi connectivity index (χ4v) is 2.33. The van der Waals surface area contributed by atoms with Crippen LogP contribution in [0, 0.1) is 12.8 Å². The molecule has 1 aromatic heterocycles. The molecule has 1 aliphatic heterocycles. The zero-order chi connectivity index (χ0) is 12.4. The van der Waals surface area contributed by atoms with Gasteiger partial charge in [-0.05, 0) is 56.4 Å². The number of carbonyl (C=O) groups excluding carboxylic acids is 1. The summed E-state index contributed by atoms with van der Waals surface area (Å²) in [5.41, 5.74) is 1.07. The maximum Gasteiger partial charge on any atom is 0.287 e. The van der Waals surface area contributed by atoms with Gasteiger partial charge in [-0.2, -0.15) is 0 Å². The molecule has 4 heteroatoms. The highest BCUT2D eigenvalue weighted by molar-refractivity contribution is 6.67. The van der Waals surface area contributed by atoms with Crippen LogP contribution in [0.5, 0.6) is 0 Å². The average molecular weight is 256 g/mol. The summed E-state index contributed by atoms with van der Waals surface area (Å²) < 4.78 is 5.33. The maximum atomic E-state index is 11.0. The molecule has 0 bridgehead atoms. The fraction of sp³-hybridized carbons (Fsp3) is 0.615. The predicted molar refractivity (Wildman–Crippen MR) is 67.3 cm³/mol. The second-order valence-corrected chi connectivity index (χ2v) is 5.27. The van der Waals surface area contributed by atoms with Crippen molar-refractivity contribution in [1.82, 2.24) is 4.90 Å². The molecule has 0 unspecified atom stereocenters. The van der Waals surface area contributed by atoms with Gasteiger partial charge in [-0.25, -0.2) is 0 Å². The number of nitrogens with zero attached hydrogens (tertiary/aromatic N) is 1. The Morgan fingerprint density at radius 3 is 2.71 bits per heavy atom. The first-order valence-corrected chi connectivity index (χ1v) is 6.45. The van der Waals surface area contributed by atoms with Crippen molar-refractivity contribution >= 4 is 16.8 Å². The molecule has 1 saturated heterocycles. The van der Waals surface area contributed by atoms with E-state index in [2.05, 4.69) is 11.8 Å². The van der Waals surface area contributed by atoms with Gasteiger partial charge in [0.25, 0.3) is 5.24 Å². The smallest absolute Gasteiger partial charge is 0.287 e. The van der Waals surface area contributed by atoms with Gasteiger partial charge in [-0.1, -0.05) is 6.92 Å². The lowest BCUT2D eigenvalue weighted by atomic mass is 9.99. The third-order valence-electron chi connectivity index (χ3n) is 3.48. The first kappa shape index (κ1) is 12.7. The van der Waals surface area contributed by atoms with E-state index in [0.717, 1.165) is 36.9 Å². The molecule has 1 fully saturated rings. The monoisotopic (exact) mass is 255 g/mol. The van der Waals surface area contributed by atoms with E-state index < -0.39 is 5.24 Å². The van der Waals surface area contributed by atoms with Gasteiger partial charge >= 0.3 is 0 Å². The summed E-state index contributed by atoms with van der Waals surface area (Å²) in [6, 6.07) is 1.77. The van der Waals surface area contributed by atoms with Crippen LogP contribution >= 0.6 is 11.6 Å². The molecule has 0 radical (unpaired) electrons. The van der Waals surface area contributed by atoms with Crippen molar-refractivity contribution in [3.8, 4) is 0 Å². The largest absolute Gasteiger partial charge is 0.457 e. The summed E-state index contributed by atoms with van der Waals surface area (Å²) in [5.74, 6) is 1.88. The van der Waals surface area contributed by atoms with Crippen LogP contribution in [-0.4, -0.2) is 23.2 Å². The van der Waals surface area contributed by atoms with Crippen molar-refractivity contribution in [2.45, 2.75) is 33.2 Å². The molecule has 1 aliphatic rings. The lowest BCUT2D eigenvalue weighted by molar-refractivity contribution is 0.105.